The summed E-state index contributed by atoms with van der Waals surface area (Å²) >= 11 is 0. The van der Waals surface area contributed by atoms with Crippen molar-refractivity contribution in [2.75, 3.05) is 39.4 Å². The summed E-state index contributed by atoms with van der Waals surface area (Å²) < 4.78 is 5.43. The number of aromatic nitrogens is 2. The van der Waals surface area contributed by atoms with Crippen LogP contribution in [0.2, 0.25) is 0 Å². The van der Waals surface area contributed by atoms with E-state index in [0.717, 1.165) is 44.7 Å². The molecule has 0 unspecified atom stereocenters. The van der Waals surface area contributed by atoms with Crippen molar-refractivity contribution >= 4 is 5.91 Å². The van der Waals surface area contributed by atoms with E-state index in [4.69, 9.17) is 4.74 Å². The molecule has 1 amide bonds. The van der Waals surface area contributed by atoms with Gasteiger partial charge in [-0.1, -0.05) is 30.3 Å². The maximum absolute atomic E-state index is 12.8. The molecule has 0 saturated carbocycles. The molecule has 3 heterocycles. The third-order valence-electron chi connectivity index (χ3n) is 5.39. The summed E-state index contributed by atoms with van der Waals surface area (Å²) in [6.07, 6.45) is 3.51. The van der Waals surface area contributed by atoms with Gasteiger partial charge in [-0.05, 0) is 12.8 Å². The Morgan fingerprint density at radius 2 is 1.78 bits per heavy atom. The predicted octanol–water partition coefficient (Wildman–Crippen LogP) is 1.37. The lowest BCUT2D eigenvalue weighted by Crippen LogP contribution is -2.53. The molecule has 2 aromatic rings. The highest BCUT2D eigenvalue weighted by molar-refractivity contribution is 5.93. The number of carbonyl (C=O) groups excluding carboxylic acids is 1. The zero-order valence-electron chi connectivity index (χ0n) is 15.3. The molecule has 0 atom stereocenters. The van der Waals surface area contributed by atoms with Crippen LogP contribution in [0.15, 0.2) is 41.3 Å². The van der Waals surface area contributed by atoms with E-state index in [2.05, 4.69) is 14.9 Å². The monoisotopic (exact) mass is 368 g/mol. The third-order valence-corrected chi connectivity index (χ3v) is 5.39. The van der Waals surface area contributed by atoms with E-state index >= 15 is 0 Å². The Kier molecular flexibility index (Phi) is 5.31. The number of hydrogen-bond donors (Lipinski definition) is 1. The van der Waals surface area contributed by atoms with Crippen LogP contribution in [-0.4, -0.2) is 71.1 Å². The van der Waals surface area contributed by atoms with E-state index < -0.39 is 0 Å². The molecule has 2 aliphatic rings. The summed E-state index contributed by atoms with van der Waals surface area (Å²) in [7, 11) is 0. The molecule has 1 aromatic carbocycles. The number of piperazine rings is 1. The molecule has 0 radical (unpaired) electrons. The Morgan fingerprint density at radius 3 is 2.44 bits per heavy atom. The highest BCUT2D eigenvalue weighted by Gasteiger charge is 2.28. The lowest BCUT2D eigenvalue weighted by molar-refractivity contribution is 0.0137. The van der Waals surface area contributed by atoms with Crippen LogP contribution >= 0.6 is 0 Å². The number of benzene rings is 1. The first kappa shape index (κ1) is 17.9. The summed E-state index contributed by atoms with van der Waals surface area (Å²) in [6, 6.07) is 9.95. The average Bonchev–Trinajstić information content (AvgIpc) is 2.74. The predicted molar refractivity (Wildman–Crippen MR) is 102 cm³/mol. The topological polar surface area (TPSA) is 78.5 Å². The summed E-state index contributed by atoms with van der Waals surface area (Å²) in [5.41, 5.74) is 0.536. The van der Waals surface area contributed by atoms with Gasteiger partial charge in [0.05, 0.1) is 0 Å². The molecule has 1 N–H and O–H groups in total. The number of H-pyrrole nitrogens is 1. The molecular weight excluding hydrogens is 344 g/mol. The number of amides is 1. The van der Waals surface area contributed by atoms with E-state index in [1.807, 2.05) is 30.3 Å². The van der Waals surface area contributed by atoms with Gasteiger partial charge >= 0.3 is 0 Å². The Bertz CT molecular complexity index is 838. The van der Waals surface area contributed by atoms with Crippen molar-refractivity contribution < 1.29 is 9.53 Å². The van der Waals surface area contributed by atoms with Crippen molar-refractivity contribution in [2.24, 2.45) is 0 Å². The maximum atomic E-state index is 12.8. The Morgan fingerprint density at radius 1 is 1.07 bits per heavy atom. The van der Waals surface area contributed by atoms with Gasteiger partial charge in [0.1, 0.15) is 11.4 Å². The molecule has 142 valence electrons. The average molecular weight is 368 g/mol. The molecule has 2 aliphatic heterocycles. The second kappa shape index (κ2) is 8.02. The quantitative estimate of drug-likeness (QED) is 0.885. The number of rotatable bonds is 3. The van der Waals surface area contributed by atoms with Gasteiger partial charge in [0.2, 0.25) is 0 Å². The smallest absolute Gasteiger partial charge is 0.264 e. The van der Waals surface area contributed by atoms with Crippen molar-refractivity contribution in [3.63, 3.8) is 0 Å². The normalized spacial score (nSPS) is 19.2. The molecule has 27 heavy (non-hydrogen) atoms. The standard InChI is InChI=1S/C20H24N4O3/c25-19-17(14-21-18(22-19)15-4-2-1-3-5-15)20(26)24-10-8-23(9-11-24)16-6-12-27-13-7-16/h1-5,14,16H,6-13H2,(H,21,22,25). The van der Waals surface area contributed by atoms with Crippen molar-refractivity contribution in [3.8, 4) is 11.4 Å². The fraction of sp³-hybridized carbons (Fsp3) is 0.450. The van der Waals surface area contributed by atoms with E-state index in [1.54, 1.807) is 4.90 Å². The van der Waals surface area contributed by atoms with Gasteiger partial charge in [-0.15, -0.1) is 0 Å². The van der Waals surface area contributed by atoms with Gasteiger partial charge in [-0.25, -0.2) is 4.98 Å². The van der Waals surface area contributed by atoms with E-state index in [1.165, 1.54) is 6.20 Å². The van der Waals surface area contributed by atoms with Gasteiger partial charge in [-0.2, -0.15) is 0 Å². The van der Waals surface area contributed by atoms with Crippen LogP contribution in [0.25, 0.3) is 11.4 Å². The zero-order chi connectivity index (χ0) is 18.6. The Balaban J connectivity index is 1.42. The van der Waals surface area contributed by atoms with E-state index in [9.17, 15) is 9.59 Å². The molecule has 2 saturated heterocycles. The summed E-state index contributed by atoms with van der Waals surface area (Å²) in [4.78, 5) is 36.4. The lowest BCUT2D eigenvalue weighted by Gasteiger charge is -2.40. The molecule has 4 rings (SSSR count). The van der Waals surface area contributed by atoms with Gasteiger partial charge in [0.15, 0.2) is 0 Å². The first-order chi connectivity index (χ1) is 13.2. The molecular formula is C20H24N4O3. The molecule has 7 nitrogen and oxygen atoms in total. The highest BCUT2D eigenvalue weighted by atomic mass is 16.5. The number of aromatic amines is 1. The molecule has 2 fully saturated rings. The minimum Gasteiger partial charge on any atom is -0.381 e. The first-order valence-electron chi connectivity index (χ1n) is 9.48. The minimum absolute atomic E-state index is 0.106. The minimum atomic E-state index is -0.388. The number of hydrogen-bond acceptors (Lipinski definition) is 5. The van der Waals surface area contributed by atoms with Gasteiger partial charge in [0, 0.05) is 57.2 Å². The second-order valence-corrected chi connectivity index (χ2v) is 7.01. The van der Waals surface area contributed by atoms with Crippen LogP contribution in [0.5, 0.6) is 0 Å². The molecule has 0 aliphatic carbocycles. The van der Waals surface area contributed by atoms with Crippen LogP contribution in [-0.2, 0) is 4.74 Å². The maximum Gasteiger partial charge on any atom is 0.264 e. The summed E-state index contributed by atoms with van der Waals surface area (Å²) in [5.74, 6) is 0.233. The van der Waals surface area contributed by atoms with Crippen LogP contribution < -0.4 is 5.56 Å². The van der Waals surface area contributed by atoms with Crippen LogP contribution in [0, 0.1) is 0 Å². The van der Waals surface area contributed by atoms with Crippen LogP contribution in [0.4, 0.5) is 0 Å². The van der Waals surface area contributed by atoms with Crippen molar-refractivity contribution in [1.82, 2.24) is 19.8 Å². The van der Waals surface area contributed by atoms with Crippen molar-refractivity contribution in [1.29, 1.82) is 0 Å². The van der Waals surface area contributed by atoms with Crippen molar-refractivity contribution in [2.45, 2.75) is 18.9 Å². The van der Waals surface area contributed by atoms with Crippen molar-refractivity contribution in [3.05, 3.63) is 52.4 Å². The molecule has 0 spiro atoms. The number of carbonyl (C=O) groups is 1. The zero-order valence-corrected chi connectivity index (χ0v) is 15.3. The third kappa shape index (κ3) is 3.94. The number of nitrogens with zero attached hydrogens (tertiary/aromatic N) is 3. The largest absolute Gasteiger partial charge is 0.381 e. The van der Waals surface area contributed by atoms with Crippen LogP contribution in [0.3, 0.4) is 0 Å². The van der Waals surface area contributed by atoms with Crippen LogP contribution in [0.1, 0.15) is 23.2 Å². The van der Waals surface area contributed by atoms with E-state index in [0.29, 0.717) is 25.0 Å². The van der Waals surface area contributed by atoms with Gasteiger partial charge < -0.3 is 14.6 Å². The molecule has 1 aromatic heterocycles. The fourth-order valence-corrected chi connectivity index (χ4v) is 3.80. The number of ether oxygens (including phenoxy) is 1. The molecule has 7 heteroatoms. The number of nitrogens with one attached hydrogen (secondary N) is 1. The summed E-state index contributed by atoms with van der Waals surface area (Å²) in [5, 5.41) is 0. The lowest BCUT2D eigenvalue weighted by atomic mass is 10.1. The second-order valence-electron chi connectivity index (χ2n) is 7.01. The highest BCUT2D eigenvalue weighted by Crippen LogP contribution is 2.17. The van der Waals surface area contributed by atoms with E-state index in [-0.39, 0.29) is 17.0 Å². The van der Waals surface area contributed by atoms with Gasteiger partial charge in [-0.3, -0.25) is 14.5 Å². The fourth-order valence-electron chi connectivity index (χ4n) is 3.80. The SMILES string of the molecule is O=C(c1cnc(-c2ccccc2)[nH]c1=O)N1CCN(C2CCOCC2)CC1. The first-order valence-corrected chi connectivity index (χ1v) is 9.48. The Hall–Kier alpha value is -2.51. The van der Waals surface area contributed by atoms with Gasteiger partial charge in [0.25, 0.3) is 11.5 Å². The summed E-state index contributed by atoms with van der Waals surface area (Å²) in [6.45, 7) is 4.58. The molecule has 0 bridgehead atoms. The Labute approximate surface area is 158 Å².